The van der Waals surface area contributed by atoms with E-state index in [0.29, 0.717) is 5.84 Å². The number of likely N-dealkylation sites (N-methyl/N-ethyl adjacent to an activating group) is 1. The molecule has 0 aromatic heterocycles. The van der Waals surface area contributed by atoms with Crippen LogP contribution in [-0.2, 0) is 0 Å². The third-order valence-corrected chi connectivity index (χ3v) is 5.49. The normalized spacial score (nSPS) is 28.6. The minimum absolute atomic E-state index is 0.127. The molecule has 0 aromatic carbocycles. The summed E-state index contributed by atoms with van der Waals surface area (Å²) in [6.45, 7) is 7.89. The number of fused-ring (bicyclic) bond motifs is 2. The fourth-order valence-electron chi connectivity index (χ4n) is 3.62. The first-order chi connectivity index (χ1) is 9.40. The smallest absolute Gasteiger partial charge is 0.0963 e. The van der Waals surface area contributed by atoms with Gasteiger partial charge in [-0.25, -0.2) is 0 Å². The Labute approximate surface area is 124 Å². The lowest BCUT2D eigenvalue weighted by atomic mass is 9.86. The molecule has 0 radical (unpaired) electrons. The summed E-state index contributed by atoms with van der Waals surface area (Å²) < 4.78 is 0. The van der Waals surface area contributed by atoms with Crippen molar-refractivity contribution < 1.29 is 0 Å². The predicted molar refractivity (Wildman–Crippen MR) is 85.2 cm³/mol. The molecular formula is C16H32N4. The second kappa shape index (κ2) is 6.44. The van der Waals surface area contributed by atoms with Gasteiger partial charge < -0.3 is 10.6 Å². The zero-order chi connectivity index (χ0) is 14.8. The van der Waals surface area contributed by atoms with Crippen molar-refractivity contribution in [1.29, 1.82) is 5.41 Å². The first-order valence-electron chi connectivity index (χ1n) is 8.19. The maximum Gasteiger partial charge on any atom is 0.0963 e. The molecule has 116 valence electrons. The summed E-state index contributed by atoms with van der Waals surface area (Å²) in [6.07, 6.45) is 7.57. The van der Waals surface area contributed by atoms with Crippen LogP contribution in [0.25, 0.3) is 0 Å². The Kier molecular flexibility index (Phi) is 5.08. The lowest BCUT2D eigenvalue weighted by molar-refractivity contribution is 0.215. The molecule has 4 heteroatoms. The molecule has 2 saturated heterocycles. The minimum atomic E-state index is -0.127. The van der Waals surface area contributed by atoms with E-state index in [1.165, 1.54) is 51.7 Å². The summed E-state index contributed by atoms with van der Waals surface area (Å²) in [5.41, 5.74) is 5.51. The Morgan fingerprint density at radius 1 is 1.20 bits per heavy atom. The number of nitrogens with one attached hydrogen (secondary N) is 1. The molecule has 0 amide bonds. The second-order valence-electron chi connectivity index (χ2n) is 7.39. The van der Waals surface area contributed by atoms with Crippen LogP contribution in [0, 0.1) is 10.8 Å². The van der Waals surface area contributed by atoms with Crippen LogP contribution in [0.3, 0.4) is 0 Å². The molecular weight excluding hydrogens is 248 g/mol. The van der Waals surface area contributed by atoms with E-state index >= 15 is 0 Å². The molecule has 0 spiro atoms. The number of amidine groups is 1. The highest BCUT2D eigenvalue weighted by Crippen LogP contribution is 2.29. The van der Waals surface area contributed by atoms with Crippen LogP contribution in [0.5, 0.6) is 0 Å². The van der Waals surface area contributed by atoms with Crippen molar-refractivity contribution in [3.8, 4) is 0 Å². The van der Waals surface area contributed by atoms with E-state index < -0.39 is 0 Å². The quantitative estimate of drug-likeness (QED) is 0.446. The summed E-state index contributed by atoms with van der Waals surface area (Å²) in [5, 5.41) is 7.60. The lowest BCUT2D eigenvalue weighted by Gasteiger charge is -2.26. The molecule has 20 heavy (non-hydrogen) atoms. The van der Waals surface area contributed by atoms with Gasteiger partial charge in [0.1, 0.15) is 0 Å². The summed E-state index contributed by atoms with van der Waals surface area (Å²) in [6, 6.07) is 1.62. The Morgan fingerprint density at radius 3 is 2.60 bits per heavy atom. The molecule has 3 N–H and O–H groups in total. The van der Waals surface area contributed by atoms with Gasteiger partial charge in [0, 0.05) is 24.0 Å². The zero-order valence-electron chi connectivity index (χ0n) is 13.5. The van der Waals surface area contributed by atoms with Crippen molar-refractivity contribution in [3.63, 3.8) is 0 Å². The van der Waals surface area contributed by atoms with E-state index in [0.717, 1.165) is 18.5 Å². The van der Waals surface area contributed by atoms with Crippen LogP contribution < -0.4 is 5.73 Å². The van der Waals surface area contributed by atoms with Gasteiger partial charge >= 0.3 is 0 Å². The first kappa shape index (κ1) is 15.8. The van der Waals surface area contributed by atoms with Crippen LogP contribution in [-0.4, -0.2) is 54.4 Å². The van der Waals surface area contributed by atoms with E-state index in [2.05, 4.69) is 30.7 Å². The third kappa shape index (κ3) is 3.73. The number of hydrogen-bond acceptors (Lipinski definition) is 3. The molecule has 0 aromatic rings. The molecule has 2 aliphatic heterocycles. The number of rotatable bonds is 6. The Balaban J connectivity index is 1.69. The molecule has 2 rings (SSSR count). The van der Waals surface area contributed by atoms with Crippen molar-refractivity contribution in [3.05, 3.63) is 0 Å². The number of nitrogens with two attached hydrogens (primary N) is 1. The van der Waals surface area contributed by atoms with Crippen molar-refractivity contribution in [2.75, 3.05) is 26.7 Å². The highest BCUT2D eigenvalue weighted by atomic mass is 15.3. The molecule has 4 nitrogen and oxygen atoms in total. The van der Waals surface area contributed by atoms with Gasteiger partial charge in [0.15, 0.2) is 0 Å². The Bertz CT molecular complexity index is 339. The van der Waals surface area contributed by atoms with Crippen LogP contribution in [0.1, 0.15) is 52.4 Å². The second-order valence-corrected chi connectivity index (χ2v) is 7.39. The molecule has 2 unspecified atom stereocenters. The van der Waals surface area contributed by atoms with E-state index in [4.69, 9.17) is 11.1 Å². The highest BCUT2D eigenvalue weighted by Gasteiger charge is 2.34. The molecule has 0 aliphatic carbocycles. The number of unbranched alkanes of at least 4 members (excludes halogenated alkanes) is 1. The van der Waals surface area contributed by atoms with Gasteiger partial charge in [-0.15, -0.1) is 0 Å². The number of nitrogens with zero attached hydrogens (tertiary/aromatic N) is 2. The van der Waals surface area contributed by atoms with Crippen molar-refractivity contribution in [2.45, 2.75) is 64.5 Å². The van der Waals surface area contributed by atoms with Gasteiger partial charge in [-0.3, -0.25) is 10.3 Å². The summed E-state index contributed by atoms with van der Waals surface area (Å²) >= 11 is 0. The molecule has 2 atom stereocenters. The largest absolute Gasteiger partial charge is 0.387 e. The minimum Gasteiger partial charge on any atom is -0.387 e. The van der Waals surface area contributed by atoms with Gasteiger partial charge in [-0.2, -0.15) is 0 Å². The van der Waals surface area contributed by atoms with Gasteiger partial charge in [0.25, 0.3) is 0 Å². The zero-order valence-corrected chi connectivity index (χ0v) is 13.5. The Morgan fingerprint density at radius 2 is 1.90 bits per heavy atom. The molecule has 2 heterocycles. The SMILES string of the molecule is CN1C2CCC1CN(CCCCC(C)(C)C(=N)N)CC2. The molecule has 2 fully saturated rings. The van der Waals surface area contributed by atoms with Crippen molar-refractivity contribution >= 4 is 5.84 Å². The van der Waals surface area contributed by atoms with Crippen LogP contribution >= 0.6 is 0 Å². The van der Waals surface area contributed by atoms with Crippen molar-refractivity contribution in [2.24, 2.45) is 11.1 Å². The number of likely N-dealkylation sites (tertiary alicyclic amines) is 1. The highest BCUT2D eigenvalue weighted by molar-refractivity contribution is 5.82. The standard InChI is InChI=1S/C16H32N4/c1-16(2,15(17)18)9-4-5-10-20-11-8-13-6-7-14(12-20)19(13)3/h13-14H,4-12H2,1-3H3,(H3,17,18). The number of hydrogen-bond donors (Lipinski definition) is 2. The maximum absolute atomic E-state index is 7.60. The average molecular weight is 280 g/mol. The molecule has 0 saturated carbocycles. The van der Waals surface area contributed by atoms with E-state index in [-0.39, 0.29) is 5.41 Å². The molecule has 2 bridgehead atoms. The fourth-order valence-corrected chi connectivity index (χ4v) is 3.62. The van der Waals surface area contributed by atoms with Crippen LogP contribution in [0.4, 0.5) is 0 Å². The average Bonchev–Trinajstić information content (AvgIpc) is 2.61. The summed E-state index contributed by atoms with van der Waals surface area (Å²) in [7, 11) is 2.31. The topological polar surface area (TPSA) is 56.4 Å². The van der Waals surface area contributed by atoms with Gasteiger partial charge in [0.05, 0.1) is 5.84 Å². The third-order valence-electron chi connectivity index (χ3n) is 5.49. The van der Waals surface area contributed by atoms with Crippen LogP contribution in [0.2, 0.25) is 0 Å². The van der Waals surface area contributed by atoms with Crippen LogP contribution in [0.15, 0.2) is 0 Å². The van der Waals surface area contributed by atoms with E-state index in [1.54, 1.807) is 0 Å². The van der Waals surface area contributed by atoms with E-state index in [1.807, 2.05) is 0 Å². The van der Waals surface area contributed by atoms with Gasteiger partial charge in [-0.05, 0) is 52.2 Å². The first-order valence-corrected chi connectivity index (χ1v) is 8.19. The maximum atomic E-state index is 7.60. The monoisotopic (exact) mass is 280 g/mol. The summed E-state index contributed by atoms with van der Waals surface area (Å²) in [5.74, 6) is 0.325. The van der Waals surface area contributed by atoms with Crippen molar-refractivity contribution in [1.82, 2.24) is 9.80 Å². The lowest BCUT2D eigenvalue weighted by Crippen LogP contribution is -2.37. The molecule has 2 aliphatic rings. The fraction of sp³-hybridized carbons (Fsp3) is 0.938. The van der Waals surface area contributed by atoms with Gasteiger partial charge in [-0.1, -0.05) is 20.3 Å². The Hall–Kier alpha value is -0.610. The summed E-state index contributed by atoms with van der Waals surface area (Å²) in [4.78, 5) is 5.26. The predicted octanol–water partition coefficient (Wildman–Crippen LogP) is 2.29. The van der Waals surface area contributed by atoms with Gasteiger partial charge in [0.2, 0.25) is 0 Å². The van der Waals surface area contributed by atoms with E-state index in [9.17, 15) is 0 Å².